The molecule has 184 valence electrons. The van der Waals surface area contributed by atoms with E-state index in [1.54, 1.807) is 18.2 Å². The van der Waals surface area contributed by atoms with Crippen LogP contribution in [0, 0.1) is 12.8 Å². The van der Waals surface area contributed by atoms with Crippen molar-refractivity contribution in [1.82, 2.24) is 14.8 Å². The monoisotopic (exact) mass is 512 g/mol. The van der Waals surface area contributed by atoms with Crippen molar-refractivity contribution in [1.29, 1.82) is 0 Å². The van der Waals surface area contributed by atoms with Crippen LogP contribution in [0.5, 0.6) is 5.75 Å². The number of aryl methyl sites for hydroxylation is 1. The van der Waals surface area contributed by atoms with Crippen LogP contribution in [0.1, 0.15) is 41.6 Å². The van der Waals surface area contributed by atoms with E-state index in [-0.39, 0.29) is 35.7 Å². The first-order valence-electron chi connectivity index (χ1n) is 11.7. The highest BCUT2D eigenvalue weighted by Gasteiger charge is 2.44. The third kappa shape index (κ3) is 4.81. The number of ether oxygens (including phenoxy) is 1. The minimum absolute atomic E-state index is 0.00797. The van der Waals surface area contributed by atoms with Crippen molar-refractivity contribution in [3.63, 3.8) is 0 Å². The maximum atomic E-state index is 13.8. The van der Waals surface area contributed by atoms with Crippen LogP contribution in [-0.4, -0.2) is 64.8 Å². The quantitative estimate of drug-likeness (QED) is 0.565. The number of hydrogen-bond acceptors (Lipinski definition) is 7. The lowest BCUT2D eigenvalue weighted by molar-refractivity contribution is -0.128. The average Bonchev–Trinajstić information content (AvgIpc) is 3.57. The van der Waals surface area contributed by atoms with Gasteiger partial charge in [-0.15, -0.1) is 0 Å². The lowest BCUT2D eigenvalue weighted by Gasteiger charge is -2.41. The molecule has 1 N–H and O–H groups in total. The number of rotatable bonds is 7. The molecule has 5 rings (SSSR count). The minimum Gasteiger partial charge on any atom is -0.496 e. The van der Waals surface area contributed by atoms with Crippen LogP contribution in [0.15, 0.2) is 40.1 Å². The summed E-state index contributed by atoms with van der Waals surface area (Å²) in [7, 11) is 1.58. The van der Waals surface area contributed by atoms with Gasteiger partial charge in [-0.1, -0.05) is 29.7 Å². The molecule has 35 heavy (non-hydrogen) atoms. The van der Waals surface area contributed by atoms with Crippen LogP contribution < -0.4 is 10.1 Å². The zero-order valence-corrected chi connectivity index (χ0v) is 21.4. The highest BCUT2D eigenvalue weighted by atomic mass is 32.2. The van der Waals surface area contributed by atoms with Gasteiger partial charge in [-0.25, -0.2) is 4.98 Å². The van der Waals surface area contributed by atoms with Gasteiger partial charge in [0, 0.05) is 23.9 Å². The molecule has 1 saturated carbocycles. The number of anilines is 1. The van der Waals surface area contributed by atoms with Crippen LogP contribution in [-0.2, 0) is 9.59 Å². The lowest BCUT2D eigenvalue weighted by Crippen LogP contribution is -2.56. The van der Waals surface area contributed by atoms with E-state index in [1.165, 1.54) is 29.2 Å². The molecule has 2 unspecified atom stereocenters. The molecule has 2 aromatic rings. The van der Waals surface area contributed by atoms with Crippen LogP contribution >= 0.6 is 23.1 Å². The van der Waals surface area contributed by atoms with Crippen LogP contribution in [0.2, 0.25) is 0 Å². The Labute approximate surface area is 212 Å². The van der Waals surface area contributed by atoms with Gasteiger partial charge < -0.3 is 19.9 Å². The Morgan fingerprint density at radius 2 is 1.91 bits per heavy atom. The normalized spacial score (nSPS) is 21.1. The second kappa shape index (κ2) is 9.66. The highest BCUT2D eigenvalue weighted by molar-refractivity contribution is 8.01. The topological polar surface area (TPSA) is 91.8 Å². The molecule has 10 heteroatoms. The number of hydrogen-bond donors (Lipinski definition) is 1. The van der Waals surface area contributed by atoms with E-state index in [1.807, 2.05) is 24.0 Å². The molecule has 1 aliphatic carbocycles. The van der Waals surface area contributed by atoms with Crippen molar-refractivity contribution in [2.75, 3.05) is 25.5 Å². The summed E-state index contributed by atoms with van der Waals surface area (Å²) in [6, 6.07) is 3.77. The maximum Gasteiger partial charge on any atom is 0.258 e. The molecule has 3 aliphatic rings. The van der Waals surface area contributed by atoms with E-state index in [2.05, 4.69) is 16.9 Å². The highest BCUT2D eigenvalue weighted by Crippen LogP contribution is 2.40. The van der Waals surface area contributed by atoms with Gasteiger partial charge in [0.1, 0.15) is 5.75 Å². The maximum absolute atomic E-state index is 13.8. The summed E-state index contributed by atoms with van der Waals surface area (Å²) in [6.07, 6.45) is 6.74. The van der Waals surface area contributed by atoms with E-state index in [9.17, 15) is 14.4 Å². The SMILES string of the molecule is C=CC(=O)N1CC2CCC(C1)N2C(=O)c1cc(Sc2cnc(NC(=O)C3CC3)s2)c(C)cc1OC. The van der Waals surface area contributed by atoms with E-state index in [4.69, 9.17) is 4.74 Å². The molecule has 3 amide bonds. The summed E-state index contributed by atoms with van der Waals surface area (Å²) in [6.45, 7) is 6.63. The molecule has 2 saturated heterocycles. The number of carbonyl (C=O) groups is 3. The van der Waals surface area contributed by atoms with Gasteiger partial charge in [-0.2, -0.15) is 0 Å². The number of aromatic nitrogens is 1. The smallest absolute Gasteiger partial charge is 0.258 e. The first-order chi connectivity index (χ1) is 16.9. The molecule has 3 fully saturated rings. The predicted molar refractivity (Wildman–Crippen MR) is 135 cm³/mol. The van der Waals surface area contributed by atoms with E-state index in [0.717, 1.165) is 40.4 Å². The number of methoxy groups -OCH3 is 1. The van der Waals surface area contributed by atoms with Gasteiger partial charge in [0.15, 0.2) is 5.13 Å². The van der Waals surface area contributed by atoms with Gasteiger partial charge in [-0.3, -0.25) is 14.4 Å². The summed E-state index contributed by atoms with van der Waals surface area (Å²) in [5.74, 6) is 0.553. The molecule has 0 spiro atoms. The molecule has 2 aliphatic heterocycles. The van der Waals surface area contributed by atoms with E-state index >= 15 is 0 Å². The standard InChI is InChI=1S/C25H28N4O4S2/c1-4-21(30)28-12-16-7-8-17(13-28)29(16)24(32)18-10-20(14(2)9-19(18)33-3)34-22-11-26-25(35-22)27-23(31)15-5-6-15/h4,9-11,15-17H,1,5-8,12-13H2,2-3H3,(H,26,27,31). The summed E-state index contributed by atoms with van der Waals surface area (Å²) in [5, 5.41) is 3.48. The second-order valence-electron chi connectivity index (χ2n) is 9.21. The fourth-order valence-corrected chi connectivity index (χ4v) is 6.76. The third-order valence-electron chi connectivity index (χ3n) is 6.80. The van der Waals surface area contributed by atoms with Crippen molar-refractivity contribution in [2.45, 2.75) is 53.8 Å². The summed E-state index contributed by atoms with van der Waals surface area (Å²) >= 11 is 2.95. The van der Waals surface area contributed by atoms with Gasteiger partial charge in [0.2, 0.25) is 11.8 Å². The number of carbonyl (C=O) groups excluding carboxylic acids is 3. The molecule has 2 atom stereocenters. The molecule has 1 aromatic heterocycles. The number of amides is 3. The van der Waals surface area contributed by atoms with Gasteiger partial charge >= 0.3 is 0 Å². The number of benzene rings is 1. The van der Waals surface area contributed by atoms with Crippen molar-refractivity contribution in [3.05, 3.63) is 42.1 Å². The second-order valence-corrected chi connectivity index (χ2v) is 11.6. The summed E-state index contributed by atoms with van der Waals surface area (Å²) in [5.41, 5.74) is 1.51. The molecular weight excluding hydrogens is 484 g/mol. The molecule has 3 heterocycles. The van der Waals surface area contributed by atoms with E-state index < -0.39 is 0 Å². The molecular formula is C25H28N4O4S2. The summed E-state index contributed by atoms with van der Waals surface area (Å²) in [4.78, 5) is 46.9. The van der Waals surface area contributed by atoms with Crippen molar-refractivity contribution < 1.29 is 19.1 Å². The molecule has 2 bridgehead atoms. The Morgan fingerprint density at radius 3 is 2.54 bits per heavy atom. The Balaban J connectivity index is 1.36. The van der Waals surface area contributed by atoms with Crippen molar-refractivity contribution in [3.8, 4) is 5.75 Å². The zero-order valence-electron chi connectivity index (χ0n) is 19.8. The van der Waals surface area contributed by atoms with Crippen LogP contribution in [0.3, 0.4) is 0 Å². The van der Waals surface area contributed by atoms with Gasteiger partial charge in [-0.05, 0) is 56.4 Å². The molecule has 1 aromatic carbocycles. The fourth-order valence-electron chi connectivity index (χ4n) is 4.82. The Kier molecular flexibility index (Phi) is 6.59. The number of likely N-dealkylation sites (tertiary alicyclic amines) is 1. The number of nitrogens with one attached hydrogen (secondary N) is 1. The number of thiazole rings is 1. The third-order valence-corrected chi connectivity index (χ3v) is 8.98. The Bertz CT molecular complexity index is 1180. The van der Waals surface area contributed by atoms with Crippen molar-refractivity contribution in [2.24, 2.45) is 5.92 Å². The Morgan fingerprint density at radius 1 is 1.20 bits per heavy atom. The first kappa shape index (κ1) is 23.9. The molecule has 8 nitrogen and oxygen atoms in total. The zero-order chi connectivity index (χ0) is 24.7. The van der Waals surface area contributed by atoms with E-state index in [0.29, 0.717) is 29.5 Å². The molecule has 0 radical (unpaired) electrons. The van der Waals surface area contributed by atoms with Crippen LogP contribution in [0.25, 0.3) is 0 Å². The summed E-state index contributed by atoms with van der Waals surface area (Å²) < 4.78 is 6.53. The minimum atomic E-state index is -0.0853. The number of piperazine rings is 1. The first-order valence-corrected chi connectivity index (χ1v) is 13.4. The van der Waals surface area contributed by atoms with Crippen molar-refractivity contribution >= 4 is 46.0 Å². The lowest BCUT2D eigenvalue weighted by atomic mass is 10.1. The Hall–Kier alpha value is -2.85. The van der Waals surface area contributed by atoms with Crippen LogP contribution in [0.4, 0.5) is 5.13 Å². The number of fused-ring (bicyclic) bond motifs is 2. The largest absolute Gasteiger partial charge is 0.496 e. The predicted octanol–water partition coefficient (Wildman–Crippen LogP) is 3.96. The fraction of sp³-hybridized carbons (Fsp3) is 0.440. The van der Waals surface area contributed by atoms with Gasteiger partial charge in [0.05, 0.1) is 35.2 Å². The average molecular weight is 513 g/mol. The number of nitrogens with zero attached hydrogens (tertiary/aromatic N) is 3. The van der Waals surface area contributed by atoms with Gasteiger partial charge in [0.25, 0.3) is 5.91 Å².